The fourth-order valence-corrected chi connectivity index (χ4v) is 3.21. The van der Waals surface area contributed by atoms with Crippen molar-refractivity contribution in [3.63, 3.8) is 0 Å². The molecule has 0 radical (unpaired) electrons. The molecule has 1 aromatic heterocycles. The van der Waals surface area contributed by atoms with Crippen molar-refractivity contribution in [3.05, 3.63) is 67.0 Å². The smallest absolute Gasteiger partial charge is 0.0963 e. The third-order valence-corrected chi connectivity index (χ3v) is 4.59. The van der Waals surface area contributed by atoms with Gasteiger partial charge in [0.1, 0.15) is 0 Å². The number of rotatable bonds is 12. The van der Waals surface area contributed by atoms with Gasteiger partial charge in [-0.05, 0) is 19.3 Å². The summed E-state index contributed by atoms with van der Waals surface area (Å²) >= 11 is 0. The summed E-state index contributed by atoms with van der Waals surface area (Å²) in [6.07, 6.45) is 5.10. The molecule has 148 valence electrons. The molecule has 0 atom stereocenters. The Morgan fingerprint density at radius 3 is 2.07 bits per heavy atom. The summed E-state index contributed by atoms with van der Waals surface area (Å²) in [6.45, 7) is 6.00. The minimum atomic E-state index is 0.679. The summed E-state index contributed by atoms with van der Waals surface area (Å²) in [4.78, 5) is 4.73. The minimum Gasteiger partial charge on any atom is -0.379 e. The molecule has 0 bridgehead atoms. The zero-order valence-electron chi connectivity index (χ0n) is 16.7. The van der Waals surface area contributed by atoms with Crippen LogP contribution in [0.15, 0.2) is 67.0 Å². The van der Waals surface area contributed by atoms with Gasteiger partial charge in [0.25, 0.3) is 0 Å². The number of ether oxygens (including phenoxy) is 2. The maximum atomic E-state index is 5.66. The quantitative estimate of drug-likeness (QED) is 0.394. The molecule has 0 N–H and O–H groups in total. The van der Waals surface area contributed by atoms with Gasteiger partial charge in [0.15, 0.2) is 0 Å². The van der Waals surface area contributed by atoms with E-state index in [1.165, 1.54) is 11.3 Å². The van der Waals surface area contributed by atoms with E-state index in [9.17, 15) is 0 Å². The van der Waals surface area contributed by atoms with E-state index in [0.717, 1.165) is 50.3 Å². The number of nitrogens with zero attached hydrogens (tertiary/aromatic N) is 2. The Hall–Kier alpha value is -2.43. The van der Waals surface area contributed by atoms with Crippen LogP contribution in [0, 0.1) is 0 Å². The zero-order valence-corrected chi connectivity index (χ0v) is 16.7. The summed E-state index contributed by atoms with van der Waals surface area (Å²) in [5.74, 6) is 0. The summed E-state index contributed by atoms with van der Waals surface area (Å²) in [5.41, 5.74) is 4.57. The van der Waals surface area contributed by atoms with Gasteiger partial charge < -0.3 is 14.0 Å². The molecule has 4 nitrogen and oxygen atoms in total. The normalized spacial score (nSPS) is 11.0. The second-order valence-corrected chi connectivity index (χ2v) is 6.80. The molecule has 0 saturated heterocycles. The van der Waals surface area contributed by atoms with Crippen LogP contribution in [0.4, 0.5) is 0 Å². The lowest BCUT2D eigenvalue weighted by atomic mass is 10.0. The number of hydrogen-bond donors (Lipinski definition) is 0. The highest BCUT2D eigenvalue weighted by molar-refractivity contribution is 5.78. The second-order valence-electron chi connectivity index (χ2n) is 6.80. The van der Waals surface area contributed by atoms with Gasteiger partial charge in [-0.15, -0.1) is 0 Å². The Balaban J connectivity index is 1.60. The molecular formula is C24H30N2O2. The molecule has 0 saturated carbocycles. The fourth-order valence-electron chi connectivity index (χ4n) is 3.21. The molecule has 1 heterocycles. The molecule has 0 fully saturated rings. The number of aryl methyl sites for hydroxylation is 1. The van der Waals surface area contributed by atoms with E-state index >= 15 is 0 Å². The zero-order chi connectivity index (χ0) is 19.4. The van der Waals surface area contributed by atoms with Crippen LogP contribution >= 0.6 is 0 Å². The van der Waals surface area contributed by atoms with E-state index in [4.69, 9.17) is 14.5 Å². The van der Waals surface area contributed by atoms with Crippen molar-refractivity contribution in [1.82, 2.24) is 9.55 Å². The summed E-state index contributed by atoms with van der Waals surface area (Å²) < 4.78 is 13.4. The van der Waals surface area contributed by atoms with Crippen molar-refractivity contribution in [2.75, 3.05) is 26.4 Å². The maximum absolute atomic E-state index is 5.66. The van der Waals surface area contributed by atoms with E-state index in [-0.39, 0.29) is 0 Å². The monoisotopic (exact) mass is 378 g/mol. The molecule has 0 amide bonds. The molecule has 28 heavy (non-hydrogen) atoms. The van der Waals surface area contributed by atoms with Gasteiger partial charge in [0.05, 0.1) is 30.9 Å². The van der Waals surface area contributed by atoms with Gasteiger partial charge in [0.2, 0.25) is 0 Å². The van der Waals surface area contributed by atoms with Gasteiger partial charge in [-0.2, -0.15) is 0 Å². The molecule has 3 aromatic rings. The number of hydrogen-bond acceptors (Lipinski definition) is 3. The molecule has 0 aliphatic rings. The second kappa shape index (κ2) is 11.4. The molecule has 0 aliphatic heterocycles. The van der Waals surface area contributed by atoms with Crippen LogP contribution in [-0.2, 0) is 16.0 Å². The minimum absolute atomic E-state index is 0.679. The van der Waals surface area contributed by atoms with Crippen LogP contribution < -0.4 is 0 Å². The number of unbranched alkanes of at least 4 members (excludes halogenated alkanes) is 1. The highest BCUT2D eigenvalue weighted by Crippen LogP contribution is 2.31. The summed E-state index contributed by atoms with van der Waals surface area (Å²) in [6, 6.07) is 20.9. The standard InChI is InChI=1S/C24H30N2O2/c1-2-16-27-18-19-28-17-10-9-15-26-20-25-23(21-11-5-3-6-12-21)24(26)22-13-7-4-8-14-22/h3-8,11-14,20H,2,9-10,15-19H2,1H3. The fraction of sp³-hybridized carbons (Fsp3) is 0.375. The molecule has 3 rings (SSSR count). The Bertz CT molecular complexity index is 800. The molecule has 4 heteroatoms. The van der Waals surface area contributed by atoms with Gasteiger partial charge in [0, 0.05) is 30.9 Å². The van der Waals surface area contributed by atoms with E-state index in [0.29, 0.717) is 13.2 Å². The average molecular weight is 379 g/mol. The number of imidazole rings is 1. The Labute approximate surface area is 168 Å². The Kier molecular flexibility index (Phi) is 8.28. The lowest BCUT2D eigenvalue weighted by Crippen LogP contribution is -2.07. The third kappa shape index (κ3) is 5.78. The number of aromatic nitrogens is 2. The Morgan fingerprint density at radius 1 is 0.750 bits per heavy atom. The lowest BCUT2D eigenvalue weighted by molar-refractivity contribution is 0.0464. The first kappa shape index (κ1) is 20.3. The van der Waals surface area contributed by atoms with Crippen LogP contribution in [0.2, 0.25) is 0 Å². The predicted molar refractivity (Wildman–Crippen MR) is 114 cm³/mol. The van der Waals surface area contributed by atoms with E-state index in [1.807, 2.05) is 18.5 Å². The highest BCUT2D eigenvalue weighted by atomic mass is 16.5. The van der Waals surface area contributed by atoms with Crippen molar-refractivity contribution in [3.8, 4) is 22.5 Å². The topological polar surface area (TPSA) is 36.3 Å². The van der Waals surface area contributed by atoms with Gasteiger partial charge >= 0.3 is 0 Å². The number of benzene rings is 2. The van der Waals surface area contributed by atoms with Crippen LogP contribution in [0.25, 0.3) is 22.5 Å². The van der Waals surface area contributed by atoms with Gasteiger partial charge in [-0.3, -0.25) is 0 Å². The first-order valence-corrected chi connectivity index (χ1v) is 10.2. The molecular weight excluding hydrogens is 348 g/mol. The lowest BCUT2D eigenvalue weighted by Gasteiger charge is -2.11. The first-order chi connectivity index (χ1) is 13.9. The van der Waals surface area contributed by atoms with E-state index in [1.54, 1.807) is 0 Å². The van der Waals surface area contributed by atoms with Crippen LogP contribution in [-0.4, -0.2) is 36.0 Å². The molecule has 2 aromatic carbocycles. The average Bonchev–Trinajstić information content (AvgIpc) is 3.18. The SMILES string of the molecule is CCCOCCOCCCCn1cnc(-c2ccccc2)c1-c1ccccc1. The van der Waals surface area contributed by atoms with E-state index in [2.05, 4.69) is 60.0 Å². The van der Waals surface area contributed by atoms with Crippen molar-refractivity contribution in [1.29, 1.82) is 0 Å². The third-order valence-electron chi connectivity index (χ3n) is 4.59. The van der Waals surface area contributed by atoms with Crippen LogP contribution in [0.3, 0.4) is 0 Å². The van der Waals surface area contributed by atoms with Crippen LogP contribution in [0.5, 0.6) is 0 Å². The van der Waals surface area contributed by atoms with Crippen LogP contribution in [0.1, 0.15) is 26.2 Å². The molecule has 0 aliphatic carbocycles. The summed E-state index contributed by atoms with van der Waals surface area (Å²) in [7, 11) is 0. The van der Waals surface area contributed by atoms with Crippen molar-refractivity contribution < 1.29 is 9.47 Å². The largest absolute Gasteiger partial charge is 0.379 e. The molecule has 0 unspecified atom stereocenters. The van der Waals surface area contributed by atoms with E-state index < -0.39 is 0 Å². The van der Waals surface area contributed by atoms with Crippen molar-refractivity contribution >= 4 is 0 Å². The van der Waals surface area contributed by atoms with Crippen molar-refractivity contribution in [2.45, 2.75) is 32.7 Å². The summed E-state index contributed by atoms with van der Waals surface area (Å²) in [5, 5.41) is 0. The Morgan fingerprint density at radius 2 is 1.39 bits per heavy atom. The van der Waals surface area contributed by atoms with Gasteiger partial charge in [-0.1, -0.05) is 67.6 Å². The van der Waals surface area contributed by atoms with Crippen molar-refractivity contribution in [2.24, 2.45) is 0 Å². The first-order valence-electron chi connectivity index (χ1n) is 10.2. The predicted octanol–water partition coefficient (Wildman–Crippen LogP) is 5.44. The maximum Gasteiger partial charge on any atom is 0.0963 e. The van der Waals surface area contributed by atoms with Gasteiger partial charge in [-0.25, -0.2) is 4.98 Å². The molecule has 0 spiro atoms. The highest BCUT2D eigenvalue weighted by Gasteiger charge is 2.14.